The van der Waals surface area contributed by atoms with Crippen LogP contribution in [0.4, 0.5) is 0 Å². The summed E-state index contributed by atoms with van der Waals surface area (Å²) in [4.78, 5) is 21.1. The van der Waals surface area contributed by atoms with E-state index >= 15 is 0 Å². The molecule has 0 heterocycles. The molecule has 0 aliphatic carbocycles. The molecular formula is C6H11NO4. The van der Waals surface area contributed by atoms with Gasteiger partial charge in [0.05, 0.1) is 0 Å². The lowest BCUT2D eigenvalue weighted by atomic mass is 10.4. The molecule has 0 bridgehead atoms. The average Bonchev–Trinajstić information content (AvgIpc) is 1.87. The highest BCUT2D eigenvalue weighted by molar-refractivity contribution is 5.89. The molecule has 3 N–H and O–H groups in total. The molecule has 0 aromatic carbocycles. The van der Waals surface area contributed by atoms with Gasteiger partial charge in [0.1, 0.15) is 12.1 Å². The predicted octanol–water partition coefficient (Wildman–Crippen LogP) is -1.22. The first-order valence-corrected chi connectivity index (χ1v) is 3.14. The largest absolute Gasteiger partial charge is 0.390 e. The molecule has 0 radical (unpaired) electrons. The van der Waals surface area contributed by atoms with Crippen molar-refractivity contribution < 1.29 is 19.4 Å². The molecule has 11 heavy (non-hydrogen) atoms. The molecule has 5 heteroatoms. The van der Waals surface area contributed by atoms with Gasteiger partial charge in [-0.3, -0.25) is 0 Å². The highest BCUT2D eigenvalue weighted by Gasteiger charge is 2.17. The van der Waals surface area contributed by atoms with Crippen molar-refractivity contribution in [3.63, 3.8) is 0 Å². The molecule has 0 amide bonds. The van der Waals surface area contributed by atoms with Gasteiger partial charge in [-0.2, -0.15) is 0 Å². The average molecular weight is 161 g/mol. The van der Waals surface area contributed by atoms with E-state index in [1.807, 2.05) is 0 Å². The maximum atomic E-state index is 10.6. The maximum Gasteiger partial charge on any atom is 0.342 e. The first kappa shape index (κ1) is 10.1. The number of carbonyl (C=O) groups is 2. The van der Waals surface area contributed by atoms with Gasteiger partial charge >= 0.3 is 11.9 Å². The summed E-state index contributed by atoms with van der Waals surface area (Å²) in [6, 6.07) is -0.849. The van der Waals surface area contributed by atoms with E-state index in [9.17, 15) is 9.59 Å². The highest BCUT2D eigenvalue weighted by Crippen LogP contribution is 1.89. The number of ether oxygens (including phenoxy) is 1. The first-order valence-electron chi connectivity index (χ1n) is 3.14. The van der Waals surface area contributed by atoms with Gasteiger partial charge in [0.15, 0.2) is 0 Å². The molecule has 0 fully saturated rings. The van der Waals surface area contributed by atoms with Crippen molar-refractivity contribution in [2.45, 2.75) is 26.0 Å². The van der Waals surface area contributed by atoms with Crippen LogP contribution in [-0.2, 0) is 14.3 Å². The number of aliphatic hydroxyl groups excluding tert-OH is 1. The molecule has 0 aromatic rings. The fourth-order valence-electron chi connectivity index (χ4n) is 0.277. The number of rotatable bonds is 2. The Bertz CT molecular complexity index is 146. The van der Waals surface area contributed by atoms with Gasteiger partial charge in [0.25, 0.3) is 0 Å². The Labute approximate surface area is 64.1 Å². The molecule has 0 saturated carbocycles. The minimum atomic E-state index is -1.29. The lowest BCUT2D eigenvalue weighted by molar-refractivity contribution is -0.165. The van der Waals surface area contributed by atoms with Crippen molar-refractivity contribution in [2.75, 3.05) is 0 Å². The lowest BCUT2D eigenvalue weighted by Gasteiger charge is -2.05. The Morgan fingerprint density at radius 3 is 2.09 bits per heavy atom. The van der Waals surface area contributed by atoms with Crippen LogP contribution in [0.3, 0.4) is 0 Å². The van der Waals surface area contributed by atoms with Gasteiger partial charge in [-0.05, 0) is 13.8 Å². The molecule has 0 aliphatic rings. The Hall–Kier alpha value is -0.940. The van der Waals surface area contributed by atoms with E-state index in [2.05, 4.69) is 4.74 Å². The van der Waals surface area contributed by atoms with Crippen LogP contribution in [0, 0.1) is 0 Å². The molecule has 5 nitrogen and oxygen atoms in total. The molecule has 0 aliphatic heterocycles. The van der Waals surface area contributed by atoms with E-state index < -0.39 is 24.1 Å². The summed E-state index contributed by atoms with van der Waals surface area (Å²) in [5.74, 6) is -1.82. The molecule has 2 atom stereocenters. The number of carbonyl (C=O) groups excluding carboxylic acids is 2. The van der Waals surface area contributed by atoms with Crippen LogP contribution in [0.5, 0.6) is 0 Å². The topological polar surface area (TPSA) is 89.6 Å². The Morgan fingerprint density at radius 2 is 1.82 bits per heavy atom. The zero-order valence-electron chi connectivity index (χ0n) is 6.40. The standard InChI is InChI=1S/C6H11NO4/c1-3(7)5(9)11-6(10)4(2)8/h3-4,8H,7H2,1-2H3/t3-,4?/m0/s1. The number of hydrogen-bond donors (Lipinski definition) is 2. The van der Waals surface area contributed by atoms with Crippen LogP contribution in [0.2, 0.25) is 0 Å². The minimum absolute atomic E-state index is 0.837. The highest BCUT2D eigenvalue weighted by atomic mass is 16.6. The van der Waals surface area contributed by atoms with E-state index in [1.54, 1.807) is 0 Å². The van der Waals surface area contributed by atoms with Crippen LogP contribution >= 0.6 is 0 Å². The second-order valence-electron chi connectivity index (χ2n) is 2.20. The normalized spacial score (nSPS) is 15.3. The van der Waals surface area contributed by atoms with E-state index in [0.717, 1.165) is 0 Å². The molecule has 0 rings (SSSR count). The zero-order chi connectivity index (χ0) is 9.02. The van der Waals surface area contributed by atoms with Gasteiger partial charge in [-0.25, -0.2) is 9.59 Å². The second-order valence-corrected chi connectivity index (χ2v) is 2.20. The lowest BCUT2D eigenvalue weighted by Crippen LogP contribution is -2.33. The maximum absolute atomic E-state index is 10.6. The summed E-state index contributed by atoms with van der Waals surface area (Å²) in [5.41, 5.74) is 5.08. The van der Waals surface area contributed by atoms with Crippen molar-refractivity contribution in [3.05, 3.63) is 0 Å². The van der Waals surface area contributed by atoms with Crippen LogP contribution in [0.1, 0.15) is 13.8 Å². The molecule has 0 saturated heterocycles. The SMILES string of the molecule is CC(O)C(=O)OC(=O)[C@H](C)N. The fraction of sp³-hybridized carbons (Fsp3) is 0.667. The van der Waals surface area contributed by atoms with Crippen molar-refractivity contribution in [2.24, 2.45) is 5.73 Å². The van der Waals surface area contributed by atoms with Crippen LogP contribution < -0.4 is 5.73 Å². The van der Waals surface area contributed by atoms with E-state index in [0.29, 0.717) is 0 Å². The van der Waals surface area contributed by atoms with Crippen LogP contribution in [-0.4, -0.2) is 29.2 Å². The Balaban J connectivity index is 3.86. The molecule has 1 unspecified atom stereocenters. The molecular weight excluding hydrogens is 150 g/mol. The summed E-state index contributed by atoms with van der Waals surface area (Å²) in [5, 5.41) is 8.58. The summed E-state index contributed by atoms with van der Waals surface area (Å²) >= 11 is 0. The predicted molar refractivity (Wildman–Crippen MR) is 36.4 cm³/mol. The van der Waals surface area contributed by atoms with Crippen molar-refractivity contribution >= 4 is 11.9 Å². The summed E-state index contributed by atoms with van der Waals surface area (Å²) in [7, 11) is 0. The Morgan fingerprint density at radius 1 is 1.36 bits per heavy atom. The van der Waals surface area contributed by atoms with Crippen LogP contribution in [0.15, 0.2) is 0 Å². The van der Waals surface area contributed by atoms with E-state index in [-0.39, 0.29) is 0 Å². The number of nitrogens with two attached hydrogens (primary N) is 1. The summed E-state index contributed by atoms with van der Waals surface area (Å²) < 4.78 is 4.12. The summed E-state index contributed by atoms with van der Waals surface area (Å²) in [6.07, 6.45) is -1.29. The number of esters is 2. The van der Waals surface area contributed by atoms with E-state index in [1.165, 1.54) is 13.8 Å². The minimum Gasteiger partial charge on any atom is -0.390 e. The Kier molecular flexibility index (Phi) is 3.70. The van der Waals surface area contributed by atoms with Gasteiger partial charge in [0.2, 0.25) is 0 Å². The monoisotopic (exact) mass is 161 g/mol. The molecule has 64 valence electrons. The van der Waals surface area contributed by atoms with Crippen molar-refractivity contribution in [3.8, 4) is 0 Å². The van der Waals surface area contributed by atoms with Gasteiger partial charge < -0.3 is 15.6 Å². The van der Waals surface area contributed by atoms with Crippen LogP contribution in [0.25, 0.3) is 0 Å². The van der Waals surface area contributed by atoms with Gasteiger partial charge in [-0.15, -0.1) is 0 Å². The summed E-state index contributed by atoms with van der Waals surface area (Å²) in [6.45, 7) is 2.59. The number of hydrogen-bond acceptors (Lipinski definition) is 5. The third-order valence-electron chi connectivity index (χ3n) is 0.914. The second kappa shape index (κ2) is 4.05. The van der Waals surface area contributed by atoms with Crippen molar-refractivity contribution in [1.29, 1.82) is 0 Å². The van der Waals surface area contributed by atoms with Gasteiger partial charge in [-0.1, -0.05) is 0 Å². The third-order valence-corrected chi connectivity index (χ3v) is 0.914. The molecule has 0 spiro atoms. The smallest absolute Gasteiger partial charge is 0.342 e. The number of aliphatic hydroxyl groups is 1. The van der Waals surface area contributed by atoms with E-state index in [4.69, 9.17) is 10.8 Å². The quantitative estimate of drug-likeness (QED) is 0.391. The molecule has 0 aromatic heterocycles. The third kappa shape index (κ3) is 3.69. The first-order chi connectivity index (χ1) is 4.95. The fourth-order valence-corrected chi connectivity index (χ4v) is 0.277. The van der Waals surface area contributed by atoms with Gasteiger partial charge in [0, 0.05) is 0 Å². The van der Waals surface area contributed by atoms with Crippen molar-refractivity contribution in [1.82, 2.24) is 0 Å². The zero-order valence-corrected chi connectivity index (χ0v) is 6.40.